The molecule has 0 amide bonds. The van der Waals surface area contributed by atoms with Crippen LogP contribution in [-0.2, 0) is 0 Å². The van der Waals surface area contributed by atoms with Crippen molar-refractivity contribution in [2.24, 2.45) is 5.73 Å². The molecule has 2 atom stereocenters. The van der Waals surface area contributed by atoms with Crippen molar-refractivity contribution in [2.45, 2.75) is 31.8 Å². The lowest BCUT2D eigenvalue weighted by atomic mass is 10.0. The number of likely N-dealkylation sites (N-methyl/N-ethyl adjacent to an activating group) is 1. The van der Waals surface area contributed by atoms with E-state index in [-0.39, 0.29) is 6.61 Å². The third kappa shape index (κ3) is 4.07. The summed E-state index contributed by atoms with van der Waals surface area (Å²) in [4.78, 5) is 4.75. The van der Waals surface area contributed by atoms with Crippen LogP contribution in [0, 0.1) is 0 Å². The van der Waals surface area contributed by atoms with E-state index in [4.69, 9.17) is 5.73 Å². The number of hydrogen-bond acceptors (Lipinski definition) is 4. The molecule has 15 heavy (non-hydrogen) atoms. The van der Waals surface area contributed by atoms with Crippen LogP contribution in [0.4, 0.5) is 0 Å². The van der Waals surface area contributed by atoms with Gasteiger partial charge in [-0.3, -0.25) is 4.90 Å². The highest BCUT2D eigenvalue weighted by molar-refractivity contribution is 4.86. The van der Waals surface area contributed by atoms with Gasteiger partial charge >= 0.3 is 0 Å². The van der Waals surface area contributed by atoms with Gasteiger partial charge in [-0.05, 0) is 40.4 Å². The zero-order valence-electron chi connectivity index (χ0n) is 10.2. The zero-order chi connectivity index (χ0) is 11.5. The average Bonchev–Trinajstić information content (AvgIpc) is 2.29. The maximum absolute atomic E-state index is 9.17. The number of rotatable bonds is 3. The molecule has 1 rings (SSSR count). The van der Waals surface area contributed by atoms with Crippen molar-refractivity contribution in [1.82, 2.24) is 9.80 Å². The van der Waals surface area contributed by atoms with Crippen LogP contribution in [0.1, 0.15) is 20.3 Å². The van der Waals surface area contributed by atoms with Gasteiger partial charge in [-0.15, -0.1) is 0 Å². The van der Waals surface area contributed by atoms with Gasteiger partial charge in [0, 0.05) is 24.7 Å². The third-order valence-corrected chi connectivity index (χ3v) is 3.11. The molecule has 1 aliphatic rings. The second-order valence-corrected chi connectivity index (χ2v) is 5.25. The van der Waals surface area contributed by atoms with Gasteiger partial charge in [0.05, 0.1) is 6.61 Å². The Bertz CT molecular complexity index is 196. The Kier molecular flexibility index (Phi) is 4.52. The molecule has 1 aliphatic heterocycles. The Labute approximate surface area is 93.0 Å². The highest BCUT2D eigenvalue weighted by atomic mass is 16.3. The standard InChI is InChI=1S/C11H25N3O/c1-10-7-13(3)5-4-6-14(10)8-11(2,12)9-15/h10,15H,4-9,12H2,1-3H3. The fraction of sp³-hybridized carbons (Fsp3) is 1.00. The molecule has 0 saturated carbocycles. The van der Waals surface area contributed by atoms with E-state index >= 15 is 0 Å². The Balaban J connectivity index is 2.53. The van der Waals surface area contributed by atoms with E-state index in [0.717, 1.165) is 26.2 Å². The molecule has 0 spiro atoms. The molecule has 3 N–H and O–H groups in total. The van der Waals surface area contributed by atoms with Crippen molar-refractivity contribution in [1.29, 1.82) is 0 Å². The monoisotopic (exact) mass is 215 g/mol. The smallest absolute Gasteiger partial charge is 0.0621 e. The number of aliphatic hydroxyl groups is 1. The molecule has 2 unspecified atom stereocenters. The molecule has 0 aromatic carbocycles. The number of hydrogen-bond donors (Lipinski definition) is 2. The highest BCUT2D eigenvalue weighted by Gasteiger charge is 2.26. The van der Waals surface area contributed by atoms with E-state index < -0.39 is 5.54 Å². The molecule has 4 heteroatoms. The van der Waals surface area contributed by atoms with Gasteiger partial charge in [-0.2, -0.15) is 0 Å². The predicted octanol–water partition coefficient (Wildman–Crippen LogP) is -0.278. The summed E-state index contributed by atoms with van der Waals surface area (Å²) in [6.07, 6.45) is 1.18. The zero-order valence-corrected chi connectivity index (χ0v) is 10.2. The second-order valence-electron chi connectivity index (χ2n) is 5.25. The predicted molar refractivity (Wildman–Crippen MR) is 62.8 cm³/mol. The lowest BCUT2D eigenvalue weighted by molar-refractivity contribution is 0.122. The van der Waals surface area contributed by atoms with Gasteiger partial charge < -0.3 is 15.7 Å². The van der Waals surface area contributed by atoms with Gasteiger partial charge in [-0.1, -0.05) is 0 Å². The van der Waals surface area contributed by atoms with Crippen LogP contribution < -0.4 is 5.73 Å². The summed E-state index contributed by atoms with van der Waals surface area (Å²) in [5, 5.41) is 9.17. The van der Waals surface area contributed by atoms with Crippen molar-refractivity contribution < 1.29 is 5.11 Å². The molecule has 0 bridgehead atoms. The molecule has 90 valence electrons. The first-order chi connectivity index (χ1) is 6.94. The number of nitrogens with zero attached hydrogens (tertiary/aromatic N) is 2. The summed E-state index contributed by atoms with van der Waals surface area (Å²) < 4.78 is 0. The SMILES string of the molecule is CC1CN(C)CCCN1CC(C)(N)CO. The molecule has 4 nitrogen and oxygen atoms in total. The molecule has 0 aromatic rings. The Hall–Kier alpha value is -0.160. The van der Waals surface area contributed by atoms with Gasteiger partial charge in [0.25, 0.3) is 0 Å². The Morgan fingerprint density at radius 1 is 1.47 bits per heavy atom. The van der Waals surface area contributed by atoms with Crippen molar-refractivity contribution in [3.63, 3.8) is 0 Å². The minimum absolute atomic E-state index is 0.0477. The van der Waals surface area contributed by atoms with Crippen LogP contribution in [0.5, 0.6) is 0 Å². The van der Waals surface area contributed by atoms with E-state index in [1.54, 1.807) is 0 Å². The molecule has 0 aliphatic carbocycles. The van der Waals surface area contributed by atoms with Gasteiger partial charge in [0.2, 0.25) is 0 Å². The van der Waals surface area contributed by atoms with Crippen LogP contribution in [-0.4, -0.2) is 66.3 Å². The molecular weight excluding hydrogens is 190 g/mol. The maximum Gasteiger partial charge on any atom is 0.0621 e. The minimum atomic E-state index is -0.475. The Morgan fingerprint density at radius 3 is 2.73 bits per heavy atom. The first-order valence-corrected chi connectivity index (χ1v) is 5.77. The first-order valence-electron chi connectivity index (χ1n) is 5.77. The fourth-order valence-electron chi connectivity index (χ4n) is 2.17. The van der Waals surface area contributed by atoms with E-state index in [9.17, 15) is 5.11 Å². The second kappa shape index (κ2) is 5.25. The summed E-state index contributed by atoms with van der Waals surface area (Å²) in [6, 6.07) is 0.520. The van der Waals surface area contributed by atoms with Crippen LogP contribution in [0.25, 0.3) is 0 Å². The van der Waals surface area contributed by atoms with Gasteiger partial charge in [0.1, 0.15) is 0 Å². The molecular formula is C11H25N3O. The average molecular weight is 215 g/mol. The summed E-state index contributed by atoms with van der Waals surface area (Å²) in [7, 11) is 2.16. The topological polar surface area (TPSA) is 52.7 Å². The van der Waals surface area contributed by atoms with Crippen LogP contribution in [0.15, 0.2) is 0 Å². The molecule has 0 aromatic heterocycles. The van der Waals surface area contributed by atoms with Crippen molar-refractivity contribution in [3.8, 4) is 0 Å². The van der Waals surface area contributed by atoms with Crippen molar-refractivity contribution >= 4 is 0 Å². The molecule has 1 fully saturated rings. The normalized spacial score (nSPS) is 29.8. The third-order valence-electron chi connectivity index (χ3n) is 3.11. The number of aliphatic hydroxyl groups excluding tert-OH is 1. The van der Waals surface area contributed by atoms with Gasteiger partial charge in [0.15, 0.2) is 0 Å². The van der Waals surface area contributed by atoms with Crippen LogP contribution in [0.2, 0.25) is 0 Å². The maximum atomic E-state index is 9.17. The largest absolute Gasteiger partial charge is 0.394 e. The summed E-state index contributed by atoms with van der Waals surface area (Å²) in [5.41, 5.74) is 5.51. The van der Waals surface area contributed by atoms with E-state index in [0.29, 0.717) is 6.04 Å². The summed E-state index contributed by atoms with van der Waals surface area (Å²) >= 11 is 0. The van der Waals surface area contributed by atoms with E-state index in [1.807, 2.05) is 6.92 Å². The Morgan fingerprint density at radius 2 is 2.13 bits per heavy atom. The first kappa shape index (κ1) is 12.9. The fourth-order valence-corrected chi connectivity index (χ4v) is 2.17. The lowest BCUT2D eigenvalue weighted by Crippen LogP contribution is -2.53. The molecule has 1 heterocycles. The van der Waals surface area contributed by atoms with Crippen molar-refractivity contribution in [3.05, 3.63) is 0 Å². The summed E-state index contributed by atoms with van der Waals surface area (Å²) in [6.45, 7) is 8.29. The minimum Gasteiger partial charge on any atom is -0.394 e. The van der Waals surface area contributed by atoms with Crippen LogP contribution >= 0.6 is 0 Å². The lowest BCUT2D eigenvalue weighted by Gasteiger charge is -2.34. The van der Waals surface area contributed by atoms with E-state index in [1.165, 1.54) is 6.42 Å². The van der Waals surface area contributed by atoms with E-state index in [2.05, 4.69) is 23.8 Å². The van der Waals surface area contributed by atoms with Crippen LogP contribution in [0.3, 0.4) is 0 Å². The van der Waals surface area contributed by atoms with Crippen molar-refractivity contribution in [2.75, 3.05) is 39.8 Å². The molecule has 1 saturated heterocycles. The van der Waals surface area contributed by atoms with Gasteiger partial charge in [-0.25, -0.2) is 0 Å². The quantitative estimate of drug-likeness (QED) is 0.680. The summed E-state index contributed by atoms with van der Waals surface area (Å²) in [5.74, 6) is 0. The number of nitrogens with two attached hydrogens (primary N) is 1. The molecule has 0 radical (unpaired) electrons. The highest BCUT2D eigenvalue weighted by Crippen LogP contribution is 2.11.